The third-order valence-corrected chi connectivity index (χ3v) is 2.28. The molecule has 0 atom stereocenters. The largest absolute Gasteiger partial charge is 0.430 e. The lowest BCUT2D eigenvalue weighted by molar-refractivity contribution is -0.376. The number of carbonyl (C=O) groups excluding carboxylic acids is 1. The number of alkyl halides is 6. The molecule has 0 bridgehead atoms. The Kier molecular flexibility index (Phi) is 3.74. The lowest BCUT2D eigenvalue weighted by Crippen LogP contribution is -2.53. The molecule has 0 heterocycles. The molecule has 104 valence electrons. The Morgan fingerprint density at radius 2 is 1.37 bits per heavy atom. The molecular weight excluding hydrogens is 280 g/mol. The summed E-state index contributed by atoms with van der Waals surface area (Å²) in [4.78, 5) is 12.9. The van der Waals surface area contributed by atoms with Gasteiger partial charge >= 0.3 is 12.4 Å². The standard InChI is InChI=1S/C10H5F6NO2/c11-9(12,13)8(19,10(14,15)16)6-1-3-7(4-2-6)17-5-18/h1-4,19H. The number of rotatable bonds is 2. The maximum Gasteiger partial charge on any atom is 0.430 e. The number of nitrogens with zero attached hydrogens (tertiary/aromatic N) is 1. The molecule has 19 heavy (non-hydrogen) atoms. The minimum Gasteiger partial charge on any atom is -0.369 e. The van der Waals surface area contributed by atoms with Crippen LogP contribution in [0, 0.1) is 0 Å². The third kappa shape index (κ3) is 2.61. The fraction of sp³-hybridized carbons (Fsp3) is 0.300. The van der Waals surface area contributed by atoms with Crippen LogP contribution < -0.4 is 0 Å². The van der Waals surface area contributed by atoms with E-state index in [4.69, 9.17) is 5.11 Å². The van der Waals surface area contributed by atoms with E-state index in [0.717, 1.165) is 18.2 Å². The smallest absolute Gasteiger partial charge is 0.369 e. The van der Waals surface area contributed by atoms with E-state index >= 15 is 0 Å². The van der Waals surface area contributed by atoms with E-state index in [-0.39, 0.29) is 5.69 Å². The summed E-state index contributed by atoms with van der Waals surface area (Å²) in [5, 5.41) is 9.02. The molecule has 0 aliphatic heterocycles. The summed E-state index contributed by atoms with van der Waals surface area (Å²) in [5.41, 5.74) is -6.59. The molecule has 0 spiro atoms. The van der Waals surface area contributed by atoms with Crippen molar-refractivity contribution in [2.45, 2.75) is 18.0 Å². The first-order valence-electron chi connectivity index (χ1n) is 4.58. The van der Waals surface area contributed by atoms with Crippen LogP contribution in [0.3, 0.4) is 0 Å². The molecule has 3 nitrogen and oxygen atoms in total. The fourth-order valence-electron chi connectivity index (χ4n) is 1.32. The van der Waals surface area contributed by atoms with Gasteiger partial charge in [-0.05, 0) is 12.1 Å². The van der Waals surface area contributed by atoms with E-state index < -0.39 is 23.5 Å². The minimum absolute atomic E-state index is 0.189. The molecule has 1 rings (SSSR count). The molecule has 0 saturated heterocycles. The number of aliphatic imine (C=N–C) groups is 1. The summed E-state index contributed by atoms with van der Waals surface area (Å²) >= 11 is 0. The summed E-state index contributed by atoms with van der Waals surface area (Å²) in [7, 11) is 0. The molecule has 1 N–H and O–H groups in total. The number of hydrogen-bond acceptors (Lipinski definition) is 3. The summed E-state index contributed by atoms with van der Waals surface area (Å²) in [6.07, 6.45) is -10.8. The lowest BCUT2D eigenvalue weighted by atomic mass is 9.92. The van der Waals surface area contributed by atoms with Gasteiger partial charge in [0.2, 0.25) is 6.08 Å². The van der Waals surface area contributed by atoms with Crippen LogP contribution in [0.2, 0.25) is 0 Å². The minimum atomic E-state index is -5.94. The van der Waals surface area contributed by atoms with Gasteiger partial charge < -0.3 is 5.11 Å². The van der Waals surface area contributed by atoms with Crippen molar-refractivity contribution < 1.29 is 36.2 Å². The Morgan fingerprint density at radius 1 is 0.947 bits per heavy atom. The molecule has 0 radical (unpaired) electrons. The summed E-state index contributed by atoms with van der Waals surface area (Å²) in [6.45, 7) is 0. The van der Waals surface area contributed by atoms with Gasteiger partial charge in [-0.2, -0.15) is 31.3 Å². The van der Waals surface area contributed by atoms with Crippen molar-refractivity contribution in [3.63, 3.8) is 0 Å². The van der Waals surface area contributed by atoms with Gasteiger partial charge in [0.25, 0.3) is 5.60 Å². The van der Waals surface area contributed by atoms with Crippen molar-refractivity contribution in [2.75, 3.05) is 0 Å². The maximum absolute atomic E-state index is 12.5. The maximum atomic E-state index is 12.5. The highest BCUT2D eigenvalue weighted by molar-refractivity contribution is 5.49. The molecule has 0 unspecified atom stereocenters. The van der Waals surface area contributed by atoms with Gasteiger partial charge in [-0.25, -0.2) is 4.79 Å². The number of benzene rings is 1. The Morgan fingerprint density at radius 3 is 1.68 bits per heavy atom. The van der Waals surface area contributed by atoms with Gasteiger partial charge in [-0.1, -0.05) is 12.1 Å². The average molecular weight is 285 g/mol. The lowest BCUT2D eigenvalue weighted by Gasteiger charge is -2.32. The number of halogens is 6. The highest BCUT2D eigenvalue weighted by Crippen LogP contribution is 2.50. The number of isocyanates is 1. The Labute approximate surface area is 102 Å². The van der Waals surface area contributed by atoms with Gasteiger partial charge in [0.05, 0.1) is 5.69 Å². The molecule has 0 aliphatic carbocycles. The zero-order valence-corrected chi connectivity index (χ0v) is 8.88. The van der Waals surface area contributed by atoms with Gasteiger partial charge in [-0.3, -0.25) is 0 Å². The second-order valence-electron chi connectivity index (χ2n) is 3.46. The van der Waals surface area contributed by atoms with Crippen molar-refractivity contribution in [2.24, 2.45) is 4.99 Å². The van der Waals surface area contributed by atoms with Crippen molar-refractivity contribution in [3.05, 3.63) is 29.8 Å². The molecule has 1 aromatic carbocycles. The first-order chi connectivity index (χ1) is 8.54. The number of aliphatic hydroxyl groups is 1. The van der Waals surface area contributed by atoms with Crippen molar-refractivity contribution in [1.82, 2.24) is 0 Å². The van der Waals surface area contributed by atoms with Crippen LogP contribution >= 0.6 is 0 Å². The van der Waals surface area contributed by atoms with E-state index in [9.17, 15) is 31.1 Å². The first kappa shape index (κ1) is 15.2. The van der Waals surface area contributed by atoms with Gasteiger partial charge in [0.15, 0.2) is 0 Å². The first-order valence-corrected chi connectivity index (χ1v) is 4.58. The molecule has 0 aromatic heterocycles. The van der Waals surface area contributed by atoms with Crippen LogP contribution in [-0.4, -0.2) is 23.5 Å². The van der Waals surface area contributed by atoms with Crippen molar-refractivity contribution >= 4 is 11.8 Å². The van der Waals surface area contributed by atoms with Crippen LogP contribution in [0.1, 0.15) is 5.56 Å². The molecule has 0 amide bonds. The normalized spacial score (nSPS) is 13.0. The predicted molar refractivity (Wildman–Crippen MR) is 50.2 cm³/mol. The highest BCUT2D eigenvalue weighted by Gasteiger charge is 2.71. The quantitative estimate of drug-likeness (QED) is 0.516. The van der Waals surface area contributed by atoms with E-state index in [0.29, 0.717) is 12.1 Å². The highest BCUT2D eigenvalue weighted by atomic mass is 19.4. The molecule has 1 aromatic rings. The zero-order chi connectivity index (χ0) is 14.9. The van der Waals surface area contributed by atoms with Crippen LogP contribution in [0.4, 0.5) is 32.0 Å². The number of hydrogen-bond donors (Lipinski definition) is 1. The monoisotopic (exact) mass is 285 g/mol. The van der Waals surface area contributed by atoms with Crippen molar-refractivity contribution in [1.29, 1.82) is 0 Å². The topological polar surface area (TPSA) is 49.7 Å². The Bertz CT molecular complexity index is 484. The molecule has 9 heteroatoms. The molecule has 0 saturated carbocycles. The second kappa shape index (κ2) is 4.67. The fourth-order valence-corrected chi connectivity index (χ4v) is 1.32. The van der Waals surface area contributed by atoms with Crippen molar-refractivity contribution in [3.8, 4) is 0 Å². The van der Waals surface area contributed by atoms with Gasteiger partial charge in [0.1, 0.15) is 0 Å². The van der Waals surface area contributed by atoms with Gasteiger partial charge in [0, 0.05) is 5.56 Å². The molecule has 0 aliphatic rings. The summed E-state index contributed by atoms with van der Waals surface area (Å²) in [6, 6.07) is 2.22. The Balaban J connectivity index is 3.39. The van der Waals surface area contributed by atoms with E-state index in [1.54, 1.807) is 0 Å². The van der Waals surface area contributed by atoms with Crippen LogP contribution in [0.5, 0.6) is 0 Å². The van der Waals surface area contributed by atoms with Crippen LogP contribution in [-0.2, 0) is 10.4 Å². The van der Waals surface area contributed by atoms with E-state index in [1.165, 1.54) is 0 Å². The SMILES string of the molecule is O=C=Nc1ccc(C(O)(C(F)(F)F)C(F)(F)F)cc1. The summed E-state index contributed by atoms with van der Waals surface area (Å²) in [5.74, 6) is 0. The molecular formula is C10H5F6NO2. The van der Waals surface area contributed by atoms with Crippen LogP contribution in [0.25, 0.3) is 0 Å². The zero-order valence-electron chi connectivity index (χ0n) is 8.88. The average Bonchev–Trinajstić information content (AvgIpc) is 2.26. The third-order valence-electron chi connectivity index (χ3n) is 2.28. The van der Waals surface area contributed by atoms with Crippen LogP contribution in [0.15, 0.2) is 29.3 Å². The molecule has 0 fully saturated rings. The van der Waals surface area contributed by atoms with E-state index in [1.807, 2.05) is 0 Å². The Hall–Kier alpha value is -1.86. The van der Waals surface area contributed by atoms with E-state index in [2.05, 4.69) is 4.99 Å². The summed E-state index contributed by atoms with van der Waals surface area (Å²) < 4.78 is 74.9. The second-order valence-corrected chi connectivity index (χ2v) is 3.46. The van der Waals surface area contributed by atoms with Gasteiger partial charge in [-0.15, -0.1) is 0 Å². The predicted octanol–water partition coefficient (Wildman–Crippen LogP) is 2.97.